The molecule has 0 aliphatic carbocycles. The molecule has 0 radical (unpaired) electrons. The molecule has 0 saturated carbocycles. The Kier molecular flexibility index (Phi) is 6.26. The number of fused-ring (bicyclic) bond motifs is 5. The van der Waals surface area contributed by atoms with Gasteiger partial charge in [-0.1, -0.05) is 17.5 Å². The number of anilines is 1. The van der Waals surface area contributed by atoms with Crippen LogP contribution < -0.4 is 10.2 Å². The van der Waals surface area contributed by atoms with Crippen LogP contribution in [0, 0.1) is 17.7 Å². The van der Waals surface area contributed by atoms with Gasteiger partial charge in [-0.15, -0.1) is 10.2 Å². The van der Waals surface area contributed by atoms with Crippen molar-refractivity contribution in [3.63, 3.8) is 0 Å². The monoisotopic (exact) mass is 587 g/mol. The normalized spacial score (nSPS) is 23.6. The average Bonchev–Trinajstić information content (AvgIpc) is 3.52. The van der Waals surface area contributed by atoms with E-state index in [-0.39, 0.29) is 34.5 Å². The lowest BCUT2D eigenvalue weighted by Gasteiger charge is -2.46. The maximum atomic E-state index is 16.3. The Labute approximate surface area is 238 Å². The molecule has 2 bridgehead atoms. The second-order valence-corrected chi connectivity index (χ2v) is 11.7. The van der Waals surface area contributed by atoms with Crippen LogP contribution in [0.1, 0.15) is 49.9 Å². The molecule has 5 fully saturated rings. The van der Waals surface area contributed by atoms with Gasteiger partial charge >= 0.3 is 6.18 Å². The van der Waals surface area contributed by atoms with Crippen LogP contribution in [0.2, 0.25) is 5.02 Å². The number of alkyl halides is 3. The highest BCUT2D eigenvalue weighted by atomic mass is 35.5. The number of hydrogen-bond acceptors (Lipinski definition) is 8. The number of nitrogens with one attached hydrogen (secondary N) is 1. The minimum atomic E-state index is -4.94. The number of aromatic nitrogens is 4. The molecule has 0 unspecified atom stereocenters. The van der Waals surface area contributed by atoms with Crippen molar-refractivity contribution >= 4 is 28.5 Å². The van der Waals surface area contributed by atoms with E-state index in [9.17, 15) is 18.3 Å². The lowest BCUT2D eigenvalue weighted by atomic mass is 9.93. The zero-order chi connectivity index (χ0) is 28.5. The van der Waals surface area contributed by atoms with Crippen LogP contribution in [0.25, 0.3) is 22.3 Å². The maximum absolute atomic E-state index is 16.3. The molecule has 5 aliphatic rings. The van der Waals surface area contributed by atoms with Crippen LogP contribution in [0.4, 0.5) is 23.4 Å². The van der Waals surface area contributed by atoms with E-state index in [0.717, 1.165) is 70.3 Å². The number of piperazine rings is 1. The molecule has 3 aromatic rings. The predicted octanol–water partition coefficient (Wildman–Crippen LogP) is 4.52. The quantitative estimate of drug-likeness (QED) is 0.334. The Bertz CT molecular complexity index is 1600. The Hall–Kier alpha value is -3.27. The van der Waals surface area contributed by atoms with Gasteiger partial charge in [-0.2, -0.15) is 13.2 Å². The summed E-state index contributed by atoms with van der Waals surface area (Å²) in [5, 5.41) is 20.8. The fourth-order valence-corrected chi connectivity index (χ4v) is 7.21. The number of hydrogen-bond donors (Lipinski definition) is 2. The summed E-state index contributed by atoms with van der Waals surface area (Å²) < 4.78 is 58.2. The minimum Gasteiger partial charge on any atom is -0.508 e. The topological polar surface area (TPSA) is 90.3 Å². The van der Waals surface area contributed by atoms with Gasteiger partial charge in [-0.3, -0.25) is 4.90 Å². The molecular formula is C28H26ClF4N7O. The predicted molar refractivity (Wildman–Crippen MR) is 144 cm³/mol. The lowest BCUT2D eigenvalue weighted by molar-refractivity contribution is -0.137. The molecule has 2 aromatic heterocycles. The Balaban J connectivity index is 1.42. The van der Waals surface area contributed by atoms with Crippen molar-refractivity contribution in [1.82, 2.24) is 30.4 Å². The highest BCUT2D eigenvalue weighted by molar-refractivity contribution is 6.32. The van der Waals surface area contributed by atoms with Gasteiger partial charge < -0.3 is 15.3 Å². The van der Waals surface area contributed by atoms with Crippen LogP contribution in [0.15, 0.2) is 12.1 Å². The van der Waals surface area contributed by atoms with Crippen molar-refractivity contribution in [1.29, 1.82) is 0 Å². The summed E-state index contributed by atoms with van der Waals surface area (Å²) in [7, 11) is 0. The first-order valence-corrected chi connectivity index (χ1v) is 14.1. The van der Waals surface area contributed by atoms with Crippen molar-refractivity contribution in [3.8, 4) is 28.8 Å². The summed E-state index contributed by atoms with van der Waals surface area (Å²) in [5.74, 6) is 5.23. The average molecular weight is 588 g/mol. The van der Waals surface area contributed by atoms with E-state index in [4.69, 9.17) is 16.6 Å². The Morgan fingerprint density at radius 2 is 1.85 bits per heavy atom. The van der Waals surface area contributed by atoms with Crippen LogP contribution in [-0.4, -0.2) is 74.0 Å². The van der Waals surface area contributed by atoms with Gasteiger partial charge in [-0.05, 0) is 69.7 Å². The van der Waals surface area contributed by atoms with Crippen molar-refractivity contribution in [2.75, 3.05) is 31.1 Å². The Morgan fingerprint density at radius 3 is 2.51 bits per heavy atom. The molecule has 214 valence electrons. The second-order valence-electron chi connectivity index (χ2n) is 11.2. The van der Waals surface area contributed by atoms with Crippen LogP contribution >= 0.6 is 11.6 Å². The van der Waals surface area contributed by atoms with Crippen molar-refractivity contribution in [2.24, 2.45) is 0 Å². The molecule has 2 N–H and O–H groups in total. The third-order valence-corrected chi connectivity index (χ3v) is 9.11. The van der Waals surface area contributed by atoms with Crippen LogP contribution in [-0.2, 0) is 6.18 Å². The van der Waals surface area contributed by atoms with E-state index in [0.29, 0.717) is 12.4 Å². The van der Waals surface area contributed by atoms with Crippen LogP contribution in [0.5, 0.6) is 5.75 Å². The molecule has 2 atom stereocenters. The maximum Gasteiger partial charge on any atom is 0.418 e. The highest BCUT2D eigenvalue weighted by Gasteiger charge is 2.43. The van der Waals surface area contributed by atoms with E-state index in [1.165, 1.54) is 0 Å². The van der Waals surface area contributed by atoms with Gasteiger partial charge in [-0.25, -0.2) is 14.4 Å². The third kappa shape index (κ3) is 4.45. The van der Waals surface area contributed by atoms with Gasteiger partial charge in [0.05, 0.1) is 16.1 Å². The summed E-state index contributed by atoms with van der Waals surface area (Å²) in [6.07, 6.45) is 0.929. The first-order chi connectivity index (χ1) is 19.6. The zero-order valence-corrected chi connectivity index (χ0v) is 22.7. The van der Waals surface area contributed by atoms with Crippen molar-refractivity contribution in [2.45, 2.75) is 62.3 Å². The Morgan fingerprint density at radius 1 is 1.07 bits per heavy atom. The number of phenolic OH excluding ortho intramolecular Hbond substituents is 1. The number of aromatic hydroxyl groups is 1. The van der Waals surface area contributed by atoms with E-state index in [2.05, 4.69) is 42.1 Å². The molecular weight excluding hydrogens is 562 g/mol. The number of benzene rings is 1. The van der Waals surface area contributed by atoms with Gasteiger partial charge in [0.1, 0.15) is 17.0 Å². The summed E-state index contributed by atoms with van der Waals surface area (Å²) in [6.45, 7) is 3.29. The summed E-state index contributed by atoms with van der Waals surface area (Å²) in [5.41, 5.74) is -3.25. The van der Waals surface area contributed by atoms with E-state index in [1.54, 1.807) is 0 Å². The fourth-order valence-electron chi connectivity index (χ4n) is 6.89. The standard InChI is InChI=1S/C28H26ClF4N7O/c29-19-12-17(41)11-18(21(19)28(31,32)33)23-22(30)24-25(38-37-23)26(40-14-15-3-4-16(40)13-34-15)36-20(35-24)5-8-27-6-1-9-39(27)10-2-7-27/h11-12,15-16,34,41H,1-4,6-7,9-10,13-14H2/t15-,16-/m1/s1. The highest BCUT2D eigenvalue weighted by Crippen LogP contribution is 2.44. The van der Waals surface area contributed by atoms with Crippen LogP contribution in [0.3, 0.4) is 0 Å². The van der Waals surface area contributed by atoms with Crippen molar-refractivity contribution < 1.29 is 22.7 Å². The molecule has 7 heterocycles. The largest absolute Gasteiger partial charge is 0.508 e. The number of nitrogens with zero attached hydrogens (tertiary/aromatic N) is 6. The summed E-state index contributed by atoms with van der Waals surface area (Å²) >= 11 is 5.86. The molecule has 5 aliphatic heterocycles. The molecule has 0 spiro atoms. The zero-order valence-electron chi connectivity index (χ0n) is 21.9. The summed E-state index contributed by atoms with van der Waals surface area (Å²) in [4.78, 5) is 13.5. The SMILES string of the molecule is Oc1cc(Cl)c(C(F)(F)F)c(-c2nnc3c(N4C[C@H]5CC[C@@H]4CN5)nc(C#CC45CCCN4CCC5)nc3c2F)c1. The van der Waals surface area contributed by atoms with E-state index >= 15 is 4.39 Å². The molecule has 13 heteroatoms. The van der Waals surface area contributed by atoms with E-state index < -0.39 is 39.6 Å². The molecule has 41 heavy (non-hydrogen) atoms. The van der Waals surface area contributed by atoms with Gasteiger partial charge in [0.2, 0.25) is 5.82 Å². The molecule has 1 aromatic carbocycles. The third-order valence-electron chi connectivity index (χ3n) is 8.81. The van der Waals surface area contributed by atoms with Gasteiger partial charge in [0.15, 0.2) is 17.2 Å². The van der Waals surface area contributed by atoms with Crippen molar-refractivity contribution in [3.05, 3.63) is 34.4 Å². The number of rotatable bonds is 2. The lowest BCUT2D eigenvalue weighted by Crippen LogP contribution is -2.61. The minimum absolute atomic E-state index is 0.0469. The smallest absolute Gasteiger partial charge is 0.418 e. The number of halogens is 5. The molecule has 8 nitrogen and oxygen atoms in total. The number of phenols is 1. The first-order valence-electron chi connectivity index (χ1n) is 13.8. The molecule has 8 rings (SSSR count). The van der Waals surface area contributed by atoms with Gasteiger partial charge in [0.25, 0.3) is 0 Å². The number of piperidine rings is 2. The second kappa shape index (κ2) is 9.64. The molecule has 0 amide bonds. The fraction of sp³-hybridized carbons (Fsp3) is 0.500. The first kappa shape index (κ1) is 26.6. The summed E-state index contributed by atoms with van der Waals surface area (Å²) in [6, 6.07) is 1.84. The van der Waals surface area contributed by atoms with Gasteiger partial charge in [0, 0.05) is 30.7 Å². The van der Waals surface area contributed by atoms with E-state index in [1.807, 2.05) is 0 Å². The molecule has 5 saturated heterocycles.